The van der Waals surface area contributed by atoms with Crippen molar-refractivity contribution in [2.75, 3.05) is 24.2 Å². The maximum atomic E-state index is 14.1. The second kappa shape index (κ2) is 9.06. The average molecular weight is 475 g/mol. The van der Waals surface area contributed by atoms with Crippen LogP contribution < -0.4 is 15.8 Å². The number of nitrogens with zero attached hydrogens (tertiary/aromatic N) is 4. The Bertz CT molecular complexity index is 1160. The number of hydrogen-bond acceptors (Lipinski definition) is 9. The highest BCUT2D eigenvalue weighted by Gasteiger charge is 2.49. The number of hydrogen-bond donors (Lipinski definition) is 2. The van der Waals surface area contributed by atoms with Crippen LogP contribution >= 0.6 is 0 Å². The number of piperidine rings is 1. The van der Waals surface area contributed by atoms with Crippen molar-refractivity contribution in [2.45, 2.75) is 37.8 Å². The van der Waals surface area contributed by atoms with Crippen LogP contribution in [0.5, 0.6) is 0 Å². The van der Waals surface area contributed by atoms with E-state index >= 15 is 0 Å². The molecule has 1 fully saturated rings. The lowest BCUT2D eigenvalue weighted by molar-refractivity contribution is 0.0848. The molecule has 1 unspecified atom stereocenters. The number of rotatable bonds is 6. The first-order valence-electron chi connectivity index (χ1n) is 10.6. The first kappa shape index (κ1) is 23.1. The predicted octanol–water partition coefficient (Wildman–Crippen LogP) is 2.22. The zero-order chi connectivity index (χ0) is 23.6. The number of halogens is 1. The lowest BCUT2D eigenvalue weighted by Gasteiger charge is -2.38. The fourth-order valence-electron chi connectivity index (χ4n) is 3.92. The lowest BCUT2D eigenvalue weighted by atomic mass is 10.1. The number of benzene rings is 1. The van der Waals surface area contributed by atoms with Gasteiger partial charge in [-0.2, -0.15) is 4.99 Å². The smallest absolute Gasteiger partial charge is 0.247 e. The lowest BCUT2D eigenvalue weighted by Crippen LogP contribution is -2.64. The minimum absolute atomic E-state index is 0.0942. The zero-order valence-electron chi connectivity index (χ0n) is 18.7. The number of aryl methyl sites for hydroxylation is 1. The van der Waals surface area contributed by atoms with Crippen molar-refractivity contribution in [1.82, 2.24) is 20.8 Å². The largest absolute Gasteiger partial charge is 0.474 e. The van der Waals surface area contributed by atoms with Crippen LogP contribution in [0.3, 0.4) is 0 Å². The van der Waals surface area contributed by atoms with Crippen molar-refractivity contribution in [3.05, 3.63) is 65.4 Å². The molecule has 1 atom stereocenters. The highest BCUT2D eigenvalue weighted by molar-refractivity contribution is 7.92. The summed E-state index contributed by atoms with van der Waals surface area (Å²) in [5, 5.41) is 2.74. The molecule has 176 valence electrons. The highest BCUT2D eigenvalue weighted by atomic mass is 32.2. The molecule has 11 heteroatoms. The van der Waals surface area contributed by atoms with Crippen molar-refractivity contribution in [3.63, 3.8) is 0 Å². The summed E-state index contributed by atoms with van der Waals surface area (Å²) in [6.07, 6.45) is 5.58. The Kier molecular flexibility index (Phi) is 6.35. The summed E-state index contributed by atoms with van der Waals surface area (Å²) >= 11 is 0. The van der Waals surface area contributed by atoms with E-state index in [1.54, 1.807) is 36.7 Å². The van der Waals surface area contributed by atoms with Gasteiger partial charge >= 0.3 is 0 Å². The quantitative estimate of drug-likeness (QED) is 0.614. The average Bonchev–Trinajstić information content (AvgIpc) is 2.81. The van der Waals surface area contributed by atoms with Crippen LogP contribution in [0.1, 0.15) is 31.0 Å². The molecule has 0 aliphatic carbocycles. The van der Waals surface area contributed by atoms with Crippen LogP contribution in [-0.2, 0) is 14.6 Å². The SMILES string of the molecule is CC1=C(OC2CCN(c3cnc(C)cn3)CC2)N=C(c2ccccc2)NC1(NF)S(C)(=O)=O. The van der Waals surface area contributed by atoms with Gasteiger partial charge < -0.3 is 15.0 Å². The summed E-state index contributed by atoms with van der Waals surface area (Å²) in [5.41, 5.74) is 3.04. The molecule has 2 aromatic rings. The molecule has 0 spiro atoms. The molecule has 0 saturated carbocycles. The molecule has 2 aliphatic heterocycles. The van der Waals surface area contributed by atoms with E-state index in [1.807, 2.05) is 13.0 Å². The summed E-state index contributed by atoms with van der Waals surface area (Å²) in [7, 11) is -3.99. The van der Waals surface area contributed by atoms with Crippen molar-refractivity contribution >= 4 is 21.5 Å². The summed E-state index contributed by atoms with van der Waals surface area (Å²) in [5.74, 6) is 1.11. The van der Waals surface area contributed by atoms with Crippen molar-refractivity contribution in [3.8, 4) is 0 Å². The van der Waals surface area contributed by atoms with Gasteiger partial charge in [0.2, 0.25) is 10.9 Å². The number of ether oxygens (including phenoxy) is 1. The van der Waals surface area contributed by atoms with E-state index in [2.05, 4.69) is 25.2 Å². The molecule has 0 amide bonds. The Morgan fingerprint density at radius 1 is 1.15 bits per heavy atom. The monoisotopic (exact) mass is 474 g/mol. The van der Waals surface area contributed by atoms with E-state index in [1.165, 1.54) is 12.5 Å². The van der Waals surface area contributed by atoms with Gasteiger partial charge in [-0.1, -0.05) is 30.3 Å². The summed E-state index contributed by atoms with van der Waals surface area (Å²) in [6.45, 7) is 4.78. The molecule has 2 N–H and O–H groups in total. The second-order valence-electron chi connectivity index (χ2n) is 8.25. The summed E-state index contributed by atoms with van der Waals surface area (Å²) in [4.78, 5) is 13.2. The Balaban J connectivity index is 1.59. The van der Waals surface area contributed by atoms with Gasteiger partial charge in [0.15, 0.2) is 9.84 Å². The van der Waals surface area contributed by atoms with E-state index in [0.29, 0.717) is 31.5 Å². The Morgan fingerprint density at radius 2 is 1.85 bits per heavy atom. The Hall–Kier alpha value is -3.05. The predicted molar refractivity (Wildman–Crippen MR) is 124 cm³/mol. The molecule has 2 aliphatic rings. The number of amidine groups is 1. The van der Waals surface area contributed by atoms with Gasteiger partial charge in [-0.15, -0.1) is 10.0 Å². The Labute approximate surface area is 192 Å². The van der Waals surface area contributed by atoms with Crippen molar-refractivity contribution < 1.29 is 17.6 Å². The topological polar surface area (TPSA) is 109 Å². The standard InChI is InChI=1S/C22H27FN6O3S/c1-15-13-25-19(14-24-15)29-11-9-18(10-12-29)32-21-16(2)22(28-23,33(3,30)31)27-20(26-21)17-7-5-4-6-8-17/h4-8,13-14,18,28H,9-12H2,1-3H3,(H,26,27). The van der Waals surface area contributed by atoms with Crippen LogP contribution in [0.15, 0.2) is 59.2 Å². The fraction of sp³-hybridized carbons (Fsp3) is 0.409. The van der Waals surface area contributed by atoms with Gasteiger partial charge in [0.1, 0.15) is 17.8 Å². The molecule has 1 aromatic heterocycles. The minimum Gasteiger partial charge on any atom is -0.474 e. The number of aliphatic imine (C=N–C) groups is 1. The third-order valence-corrected chi connectivity index (χ3v) is 7.50. The molecule has 1 saturated heterocycles. The minimum atomic E-state index is -3.99. The molecule has 33 heavy (non-hydrogen) atoms. The van der Waals surface area contributed by atoms with E-state index in [-0.39, 0.29) is 23.4 Å². The zero-order valence-corrected chi connectivity index (χ0v) is 19.6. The normalized spacial score (nSPS) is 22.1. The fourth-order valence-corrected chi connectivity index (χ4v) is 4.98. The first-order valence-corrected chi connectivity index (χ1v) is 12.5. The molecular formula is C22H27FN6O3S. The highest BCUT2D eigenvalue weighted by Crippen LogP contribution is 2.31. The molecular weight excluding hydrogens is 447 g/mol. The molecule has 0 bridgehead atoms. The van der Waals surface area contributed by atoms with Crippen LogP contribution in [0.2, 0.25) is 0 Å². The molecule has 1 aromatic carbocycles. The van der Waals surface area contributed by atoms with Crippen LogP contribution in [-0.4, -0.2) is 54.7 Å². The van der Waals surface area contributed by atoms with Crippen LogP contribution in [0, 0.1) is 6.92 Å². The summed E-state index contributed by atoms with van der Waals surface area (Å²) < 4.78 is 45.6. The van der Waals surface area contributed by atoms with Crippen molar-refractivity contribution in [1.29, 1.82) is 0 Å². The van der Waals surface area contributed by atoms with E-state index in [0.717, 1.165) is 17.8 Å². The van der Waals surface area contributed by atoms with Gasteiger partial charge in [-0.05, 0) is 13.8 Å². The molecule has 4 rings (SSSR count). The van der Waals surface area contributed by atoms with Gasteiger partial charge in [-0.25, -0.2) is 13.4 Å². The van der Waals surface area contributed by atoms with Gasteiger partial charge in [0, 0.05) is 43.3 Å². The number of aromatic nitrogens is 2. The second-order valence-corrected chi connectivity index (χ2v) is 10.4. The maximum Gasteiger partial charge on any atom is 0.247 e. The van der Waals surface area contributed by atoms with Gasteiger partial charge in [-0.3, -0.25) is 4.98 Å². The number of nitrogens with one attached hydrogen (secondary N) is 2. The number of sulfone groups is 1. The van der Waals surface area contributed by atoms with Gasteiger partial charge in [0.25, 0.3) is 0 Å². The first-order chi connectivity index (χ1) is 15.7. The van der Waals surface area contributed by atoms with Crippen LogP contribution in [0.4, 0.5) is 10.3 Å². The van der Waals surface area contributed by atoms with Crippen molar-refractivity contribution in [2.24, 2.45) is 4.99 Å². The van der Waals surface area contributed by atoms with E-state index in [4.69, 9.17) is 4.74 Å². The van der Waals surface area contributed by atoms with Gasteiger partial charge in [0.05, 0.1) is 18.1 Å². The summed E-state index contributed by atoms with van der Waals surface area (Å²) in [6, 6.07) is 8.93. The molecule has 3 heterocycles. The third-order valence-electron chi connectivity index (χ3n) is 5.90. The Morgan fingerprint density at radius 3 is 2.42 bits per heavy atom. The maximum absolute atomic E-state index is 14.1. The number of anilines is 1. The van der Waals surface area contributed by atoms with E-state index < -0.39 is 14.8 Å². The van der Waals surface area contributed by atoms with E-state index in [9.17, 15) is 12.9 Å². The third kappa shape index (κ3) is 4.55. The molecule has 9 nitrogen and oxygen atoms in total. The molecule has 0 radical (unpaired) electrons. The van der Waals surface area contributed by atoms with Crippen LogP contribution in [0.25, 0.3) is 0 Å².